The predicted octanol–water partition coefficient (Wildman–Crippen LogP) is 5.06. The van der Waals surface area contributed by atoms with E-state index in [1.807, 2.05) is 28.3 Å². The zero-order valence-electron chi connectivity index (χ0n) is 12.3. The zero-order chi connectivity index (χ0) is 16.8. The molecule has 0 spiro atoms. The molecule has 1 aromatic carbocycles. The lowest BCUT2D eigenvalue weighted by Crippen LogP contribution is -1.90. The van der Waals surface area contributed by atoms with Gasteiger partial charge in [-0.3, -0.25) is 14.5 Å². The second-order valence-electron chi connectivity index (χ2n) is 5.06. The van der Waals surface area contributed by atoms with Gasteiger partial charge in [-0.2, -0.15) is 0 Å². The van der Waals surface area contributed by atoms with E-state index in [0.29, 0.717) is 11.3 Å². The molecule has 0 amide bonds. The van der Waals surface area contributed by atoms with Crippen molar-refractivity contribution in [2.45, 2.75) is 6.92 Å². The van der Waals surface area contributed by atoms with Gasteiger partial charge < -0.3 is 0 Å². The van der Waals surface area contributed by atoms with Gasteiger partial charge in [0.25, 0.3) is 5.69 Å². The smallest absolute Gasteiger partial charge is 0.288 e. The molecule has 4 aromatic rings. The number of nitro groups is 1. The van der Waals surface area contributed by atoms with Crippen LogP contribution in [0.4, 0.5) is 5.69 Å². The Kier molecular flexibility index (Phi) is 3.60. The minimum Gasteiger partial charge on any atom is -0.288 e. The molecule has 0 aliphatic heterocycles. The Hall–Kier alpha value is -2.29. The van der Waals surface area contributed by atoms with E-state index in [4.69, 9.17) is 11.6 Å². The fourth-order valence-electron chi connectivity index (χ4n) is 2.48. The molecule has 4 rings (SSSR count). The van der Waals surface area contributed by atoms with Crippen molar-refractivity contribution in [1.82, 2.24) is 14.4 Å². The highest BCUT2D eigenvalue weighted by Crippen LogP contribution is 2.35. The third-order valence-electron chi connectivity index (χ3n) is 3.58. The molecule has 0 N–H and O–H groups in total. The summed E-state index contributed by atoms with van der Waals surface area (Å²) in [6.07, 6.45) is 1.96. The zero-order valence-corrected chi connectivity index (χ0v) is 14.7. The maximum Gasteiger partial charge on any atom is 0.288 e. The van der Waals surface area contributed by atoms with Crippen molar-refractivity contribution in [3.05, 3.63) is 56.0 Å². The SMILES string of the molecule is Cc1nc2sccn2c1-c1nc(-c2ccc(Cl)c([N+](=O)[O-])c2)cs1. The Balaban J connectivity index is 1.81. The van der Waals surface area contributed by atoms with E-state index in [1.165, 1.54) is 23.5 Å². The highest BCUT2D eigenvalue weighted by atomic mass is 35.5. The van der Waals surface area contributed by atoms with E-state index in [-0.39, 0.29) is 10.7 Å². The Morgan fingerprint density at radius 1 is 1.29 bits per heavy atom. The lowest BCUT2D eigenvalue weighted by molar-refractivity contribution is -0.384. The van der Waals surface area contributed by atoms with E-state index in [1.54, 1.807) is 17.4 Å². The summed E-state index contributed by atoms with van der Waals surface area (Å²) in [7, 11) is 0. The number of fused-ring (bicyclic) bond motifs is 1. The van der Waals surface area contributed by atoms with Gasteiger partial charge in [-0.1, -0.05) is 17.7 Å². The number of aromatic nitrogens is 3. The van der Waals surface area contributed by atoms with Crippen molar-refractivity contribution < 1.29 is 4.92 Å². The molecule has 3 aromatic heterocycles. The number of halogens is 1. The fraction of sp³-hybridized carbons (Fsp3) is 0.0667. The molecule has 0 unspecified atom stereocenters. The van der Waals surface area contributed by atoms with Crippen LogP contribution in [0.15, 0.2) is 35.2 Å². The van der Waals surface area contributed by atoms with Crippen LogP contribution in [0.2, 0.25) is 5.02 Å². The molecule has 0 aliphatic rings. The first-order valence-electron chi connectivity index (χ1n) is 6.87. The van der Waals surface area contributed by atoms with Crippen molar-refractivity contribution in [3.8, 4) is 22.0 Å². The number of thiazole rings is 2. The van der Waals surface area contributed by atoms with Gasteiger partial charge in [-0.25, -0.2) is 9.97 Å². The number of benzene rings is 1. The largest absolute Gasteiger partial charge is 0.288 e. The average Bonchev–Trinajstić information content (AvgIpc) is 3.23. The van der Waals surface area contributed by atoms with Gasteiger partial charge in [0.15, 0.2) is 4.96 Å². The molecule has 0 saturated carbocycles. The summed E-state index contributed by atoms with van der Waals surface area (Å²) >= 11 is 8.92. The van der Waals surface area contributed by atoms with E-state index >= 15 is 0 Å². The van der Waals surface area contributed by atoms with E-state index < -0.39 is 4.92 Å². The molecule has 0 aliphatic carbocycles. The van der Waals surface area contributed by atoms with Crippen LogP contribution in [-0.4, -0.2) is 19.3 Å². The van der Waals surface area contributed by atoms with Crippen LogP contribution >= 0.6 is 34.3 Å². The van der Waals surface area contributed by atoms with Gasteiger partial charge in [0.1, 0.15) is 15.7 Å². The van der Waals surface area contributed by atoms with E-state index in [9.17, 15) is 10.1 Å². The average molecular weight is 377 g/mol. The predicted molar refractivity (Wildman–Crippen MR) is 96.0 cm³/mol. The fourth-order valence-corrected chi connectivity index (χ4v) is 4.35. The molecule has 6 nitrogen and oxygen atoms in total. The van der Waals surface area contributed by atoms with Crippen LogP contribution in [0.1, 0.15) is 5.69 Å². The number of aryl methyl sites for hydroxylation is 1. The lowest BCUT2D eigenvalue weighted by atomic mass is 10.1. The number of hydrogen-bond donors (Lipinski definition) is 0. The van der Waals surface area contributed by atoms with E-state index in [2.05, 4.69) is 9.97 Å². The summed E-state index contributed by atoms with van der Waals surface area (Å²) < 4.78 is 2.01. The summed E-state index contributed by atoms with van der Waals surface area (Å²) in [4.78, 5) is 20.6. The molecule has 9 heteroatoms. The van der Waals surface area contributed by atoms with Crippen LogP contribution in [-0.2, 0) is 0 Å². The minimum absolute atomic E-state index is 0.116. The van der Waals surface area contributed by atoms with Crippen LogP contribution in [0, 0.1) is 17.0 Å². The van der Waals surface area contributed by atoms with Gasteiger partial charge in [-0.15, -0.1) is 22.7 Å². The first-order valence-corrected chi connectivity index (χ1v) is 9.00. The van der Waals surface area contributed by atoms with Crippen molar-refractivity contribution in [2.75, 3.05) is 0 Å². The standard InChI is InChI=1S/C15H9ClN4O2S2/c1-8-13(19-4-5-23-15(19)17-8)14-18-11(7-24-14)9-2-3-10(16)12(6-9)20(21)22/h2-7H,1H3. The van der Waals surface area contributed by atoms with Crippen molar-refractivity contribution >= 4 is 44.9 Å². The third kappa shape index (κ3) is 2.39. The van der Waals surface area contributed by atoms with Gasteiger partial charge >= 0.3 is 0 Å². The minimum atomic E-state index is -0.491. The topological polar surface area (TPSA) is 73.3 Å². The third-order valence-corrected chi connectivity index (χ3v) is 5.51. The van der Waals surface area contributed by atoms with Gasteiger partial charge in [0.2, 0.25) is 0 Å². The van der Waals surface area contributed by atoms with Crippen molar-refractivity contribution in [3.63, 3.8) is 0 Å². The second-order valence-corrected chi connectivity index (χ2v) is 7.20. The number of nitro benzene ring substituents is 1. The summed E-state index contributed by atoms with van der Waals surface area (Å²) in [6.45, 7) is 1.95. The van der Waals surface area contributed by atoms with Gasteiger partial charge in [-0.05, 0) is 13.0 Å². The Labute approximate surface area is 149 Å². The Bertz CT molecular complexity index is 1080. The molecule has 0 bridgehead atoms. The number of hydrogen-bond acceptors (Lipinski definition) is 6. The molecule has 0 radical (unpaired) electrons. The summed E-state index contributed by atoms with van der Waals surface area (Å²) in [5, 5.41) is 15.9. The maximum atomic E-state index is 11.1. The molecule has 0 fully saturated rings. The first-order chi connectivity index (χ1) is 11.5. The van der Waals surface area contributed by atoms with Gasteiger partial charge in [0, 0.05) is 28.6 Å². The Morgan fingerprint density at radius 3 is 2.92 bits per heavy atom. The summed E-state index contributed by atoms with van der Waals surface area (Å²) in [5.74, 6) is 0. The van der Waals surface area contributed by atoms with Crippen LogP contribution in [0.25, 0.3) is 26.9 Å². The van der Waals surface area contributed by atoms with E-state index in [0.717, 1.165) is 21.4 Å². The summed E-state index contributed by atoms with van der Waals surface area (Å²) in [5.41, 5.74) is 3.08. The summed E-state index contributed by atoms with van der Waals surface area (Å²) in [6, 6.07) is 4.71. The highest BCUT2D eigenvalue weighted by Gasteiger charge is 2.18. The number of imidazole rings is 1. The quantitative estimate of drug-likeness (QED) is 0.370. The van der Waals surface area contributed by atoms with Crippen molar-refractivity contribution in [2.24, 2.45) is 0 Å². The lowest BCUT2D eigenvalue weighted by Gasteiger charge is -1.99. The highest BCUT2D eigenvalue weighted by molar-refractivity contribution is 7.15. The molecule has 24 heavy (non-hydrogen) atoms. The number of rotatable bonds is 3. The maximum absolute atomic E-state index is 11.1. The molecule has 0 saturated heterocycles. The van der Waals surface area contributed by atoms with Crippen LogP contribution in [0.5, 0.6) is 0 Å². The second kappa shape index (κ2) is 5.66. The Morgan fingerprint density at radius 2 is 2.12 bits per heavy atom. The monoisotopic (exact) mass is 376 g/mol. The molecular weight excluding hydrogens is 368 g/mol. The molecule has 120 valence electrons. The van der Waals surface area contributed by atoms with Crippen molar-refractivity contribution in [1.29, 1.82) is 0 Å². The van der Waals surface area contributed by atoms with Crippen LogP contribution in [0.3, 0.4) is 0 Å². The molecule has 0 atom stereocenters. The molecule has 3 heterocycles. The van der Waals surface area contributed by atoms with Crippen LogP contribution < -0.4 is 0 Å². The normalized spacial score (nSPS) is 11.2. The first kappa shape index (κ1) is 15.3. The molecular formula is C15H9ClN4O2S2. The number of nitrogens with zero attached hydrogens (tertiary/aromatic N) is 4. The van der Waals surface area contributed by atoms with Gasteiger partial charge in [0.05, 0.1) is 16.3 Å².